The number of hydrogen-bond acceptors (Lipinski definition) is 2. The highest BCUT2D eigenvalue weighted by atomic mass is 16.1. The Morgan fingerprint density at radius 1 is 0.562 bits per heavy atom. The molecule has 2 N–H and O–H groups in total. The Labute approximate surface area is 184 Å². The Bertz CT molecular complexity index is 1380. The minimum Gasteiger partial charge on any atom is -0.361 e. The first-order valence-corrected chi connectivity index (χ1v) is 10.4. The van der Waals surface area contributed by atoms with E-state index in [9.17, 15) is 9.59 Å². The Morgan fingerprint density at radius 3 is 1.41 bits per heavy atom. The summed E-state index contributed by atoms with van der Waals surface area (Å²) in [5, 5.41) is 2.14. The highest BCUT2D eigenvalue weighted by Crippen LogP contribution is 2.20. The molecule has 5 rings (SSSR count). The van der Waals surface area contributed by atoms with Crippen LogP contribution in [0.5, 0.6) is 0 Å². The fourth-order valence-electron chi connectivity index (χ4n) is 3.79. The molecule has 0 amide bonds. The molecule has 3 aromatic carbocycles. The monoisotopic (exact) mass is 416 g/mol. The number of ketones is 2. The molecule has 0 fully saturated rings. The zero-order chi connectivity index (χ0) is 21.9. The molecular formula is C28H20N2O2. The summed E-state index contributed by atoms with van der Waals surface area (Å²) < 4.78 is 0. The number of carbonyl (C=O) groups is 2. The molecule has 0 spiro atoms. The van der Waals surface area contributed by atoms with E-state index in [0.29, 0.717) is 11.1 Å². The van der Waals surface area contributed by atoms with E-state index < -0.39 is 0 Å². The van der Waals surface area contributed by atoms with Crippen LogP contribution in [0, 0.1) is 0 Å². The minimum atomic E-state index is -0.108. The lowest BCUT2D eigenvalue weighted by atomic mass is 10.0. The number of rotatable bonds is 6. The molecule has 0 radical (unpaired) electrons. The van der Waals surface area contributed by atoms with Crippen LogP contribution in [-0.4, -0.2) is 21.5 Å². The second kappa shape index (κ2) is 8.36. The van der Waals surface area contributed by atoms with Crippen LogP contribution in [0.3, 0.4) is 0 Å². The zero-order valence-electron chi connectivity index (χ0n) is 17.2. The van der Waals surface area contributed by atoms with E-state index in [1.165, 1.54) is 0 Å². The van der Waals surface area contributed by atoms with Gasteiger partial charge in [0.1, 0.15) is 0 Å². The smallest absolute Gasteiger partial charge is 0.185 e. The Morgan fingerprint density at radius 2 is 0.969 bits per heavy atom. The number of nitrogens with one attached hydrogen (secondary N) is 2. The quantitative estimate of drug-likeness (QED) is 0.247. The molecule has 0 aliphatic heterocycles. The van der Waals surface area contributed by atoms with Crippen LogP contribution >= 0.6 is 0 Å². The van der Waals surface area contributed by atoms with Gasteiger partial charge in [0, 0.05) is 45.3 Å². The maximum Gasteiger partial charge on any atom is 0.185 e. The van der Waals surface area contributed by atoms with E-state index in [1.54, 1.807) is 36.4 Å². The fraction of sp³-hybridized carbons (Fsp3) is 0. The van der Waals surface area contributed by atoms with Crippen molar-refractivity contribution in [2.75, 3.05) is 0 Å². The van der Waals surface area contributed by atoms with Crippen LogP contribution < -0.4 is 0 Å². The van der Waals surface area contributed by atoms with E-state index >= 15 is 0 Å². The van der Waals surface area contributed by atoms with Crippen LogP contribution in [0.2, 0.25) is 0 Å². The van der Waals surface area contributed by atoms with Crippen LogP contribution in [-0.2, 0) is 0 Å². The number of aromatic amines is 2. The van der Waals surface area contributed by atoms with Gasteiger partial charge in [-0.15, -0.1) is 0 Å². The molecule has 0 bridgehead atoms. The molecule has 32 heavy (non-hydrogen) atoms. The lowest BCUT2D eigenvalue weighted by Crippen LogP contribution is -1.98. The molecule has 5 aromatic rings. The van der Waals surface area contributed by atoms with Gasteiger partial charge in [-0.2, -0.15) is 0 Å². The molecule has 0 aliphatic rings. The molecule has 2 heterocycles. The topological polar surface area (TPSA) is 65.7 Å². The third-order valence-corrected chi connectivity index (χ3v) is 5.52. The van der Waals surface area contributed by atoms with Crippen molar-refractivity contribution in [1.82, 2.24) is 9.97 Å². The maximum atomic E-state index is 12.6. The van der Waals surface area contributed by atoms with Gasteiger partial charge in [-0.1, -0.05) is 60.7 Å². The van der Waals surface area contributed by atoms with Crippen molar-refractivity contribution in [2.24, 2.45) is 0 Å². The van der Waals surface area contributed by atoms with Crippen LogP contribution in [0.1, 0.15) is 31.8 Å². The van der Waals surface area contributed by atoms with Gasteiger partial charge in [0.25, 0.3) is 0 Å². The molecule has 0 saturated carbocycles. The fourth-order valence-corrected chi connectivity index (χ4v) is 3.79. The summed E-state index contributed by atoms with van der Waals surface area (Å²) in [5.41, 5.74) is 5.06. The number of carbonyl (C=O) groups excluding carboxylic acids is 2. The number of allylic oxidation sites excluding steroid dienone is 2. The standard InChI is InChI=1S/C28H20N2O2/c31-27(15-13-21-17-29-25-7-3-1-5-23(21)25)19-9-11-20(12-10-19)28(32)16-14-22-18-30-26-8-4-2-6-24(22)26/h1-18,29-30H. The first kappa shape index (κ1) is 19.5. The second-order valence-electron chi connectivity index (χ2n) is 7.55. The molecule has 0 atom stereocenters. The lowest BCUT2D eigenvalue weighted by Gasteiger charge is -1.99. The van der Waals surface area contributed by atoms with Gasteiger partial charge >= 0.3 is 0 Å². The molecule has 4 heteroatoms. The van der Waals surface area contributed by atoms with Gasteiger partial charge in [-0.3, -0.25) is 9.59 Å². The normalized spacial score (nSPS) is 11.8. The molecule has 154 valence electrons. The van der Waals surface area contributed by atoms with Gasteiger partial charge in [0.15, 0.2) is 11.6 Å². The molecule has 2 aromatic heterocycles. The number of H-pyrrole nitrogens is 2. The van der Waals surface area contributed by atoms with E-state index in [4.69, 9.17) is 0 Å². The number of hydrogen-bond donors (Lipinski definition) is 2. The van der Waals surface area contributed by atoms with Crippen molar-refractivity contribution >= 4 is 45.5 Å². The first-order valence-electron chi connectivity index (χ1n) is 10.4. The van der Waals surface area contributed by atoms with E-state index in [-0.39, 0.29) is 11.6 Å². The highest BCUT2D eigenvalue weighted by Gasteiger charge is 2.07. The predicted molar refractivity (Wildman–Crippen MR) is 130 cm³/mol. The molecule has 0 aliphatic carbocycles. The number of benzene rings is 3. The zero-order valence-corrected chi connectivity index (χ0v) is 17.2. The summed E-state index contributed by atoms with van der Waals surface area (Å²) >= 11 is 0. The maximum absolute atomic E-state index is 12.6. The SMILES string of the molecule is O=C(C=Cc1c[nH]c2ccccc12)c1ccc(C(=O)C=Cc2c[nH]c3ccccc23)cc1. The van der Waals surface area contributed by atoms with Crippen LogP contribution in [0.25, 0.3) is 34.0 Å². The molecule has 0 unspecified atom stereocenters. The van der Waals surface area contributed by atoms with Gasteiger partial charge < -0.3 is 9.97 Å². The Hall–Kier alpha value is -4.44. The lowest BCUT2D eigenvalue weighted by molar-refractivity contribution is 0.103. The van der Waals surface area contributed by atoms with Crippen molar-refractivity contribution < 1.29 is 9.59 Å². The molecule has 4 nitrogen and oxygen atoms in total. The number of fused-ring (bicyclic) bond motifs is 2. The van der Waals surface area contributed by atoms with Crippen molar-refractivity contribution in [3.63, 3.8) is 0 Å². The highest BCUT2D eigenvalue weighted by molar-refractivity contribution is 6.10. The van der Waals surface area contributed by atoms with Crippen LogP contribution in [0.15, 0.2) is 97.3 Å². The third-order valence-electron chi connectivity index (χ3n) is 5.52. The van der Waals surface area contributed by atoms with E-state index in [1.807, 2.05) is 73.1 Å². The number of para-hydroxylation sites is 2. The summed E-state index contributed by atoms with van der Waals surface area (Å²) in [6.45, 7) is 0. The summed E-state index contributed by atoms with van der Waals surface area (Å²) in [6, 6.07) is 22.7. The first-order chi connectivity index (χ1) is 15.7. The summed E-state index contributed by atoms with van der Waals surface area (Å²) in [4.78, 5) is 31.5. The largest absolute Gasteiger partial charge is 0.361 e. The third kappa shape index (κ3) is 3.82. The Balaban J connectivity index is 1.29. The van der Waals surface area contributed by atoms with E-state index in [0.717, 1.165) is 32.9 Å². The average molecular weight is 416 g/mol. The second-order valence-corrected chi connectivity index (χ2v) is 7.55. The van der Waals surface area contributed by atoms with Crippen molar-refractivity contribution in [2.45, 2.75) is 0 Å². The van der Waals surface area contributed by atoms with Gasteiger partial charge in [-0.25, -0.2) is 0 Å². The van der Waals surface area contributed by atoms with Crippen molar-refractivity contribution in [3.05, 3.63) is 120 Å². The minimum absolute atomic E-state index is 0.108. The van der Waals surface area contributed by atoms with Gasteiger partial charge in [0.05, 0.1) is 0 Å². The summed E-state index contributed by atoms with van der Waals surface area (Å²) in [7, 11) is 0. The molecule has 0 saturated heterocycles. The van der Waals surface area contributed by atoms with Crippen molar-refractivity contribution in [3.8, 4) is 0 Å². The average Bonchev–Trinajstić information content (AvgIpc) is 3.45. The summed E-state index contributed by atoms with van der Waals surface area (Å²) in [6.07, 6.45) is 10.5. The predicted octanol–water partition coefficient (Wildman–Crippen LogP) is 6.44. The summed E-state index contributed by atoms with van der Waals surface area (Å²) in [5.74, 6) is -0.216. The van der Waals surface area contributed by atoms with Crippen molar-refractivity contribution in [1.29, 1.82) is 0 Å². The Kier molecular flexibility index (Phi) is 5.10. The van der Waals surface area contributed by atoms with Gasteiger partial charge in [-0.05, 0) is 47.6 Å². The van der Waals surface area contributed by atoms with Gasteiger partial charge in [0.2, 0.25) is 0 Å². The van der Waals surface area contributed by atoms with Crippen LogP contribution in [0.4, 0.5) is 0 Å². The molecular weight excluding hydrogens is 396 g/mol. The number of aromatic nitrogens is 2. The van der Waals surface area contributed by atoms with E-state index in [2.05, 4.69) is 9.97 Å².